The summed E-state index contributed by atoms with van der Waals surface area (Å²) in [6, 6.07) is 0. The lowest BCUT2D eigenvalue weighted by Crippen LogP contribution is -2.19. The van der Waals surface area contributed by atoms with Crippen LogP contribution in [0.15, 0.2) is 0 Å². The molecule has 0 saturated heterocycles. The summed E-state index contributed by atoms with van der Waals surface area (Å²) in [5.74, 6) is -0.165. The van der Waals surface area contributed by atoms with Gasteiger partial charge < -0.3 is 23.8 Å². The molecule has 0 heterocycles. The van der Waals surface area contributed by atoms with Gasteiger partial charge in [-0.3, -0.25) is 4.79 Å². The van der Waals surface area contributed by atoms with Gasteiger partial charge in [-0.05, 0) is 20.5 Å². The fraction of sp³-hybridized carbons (Fsp3) is 0.929. The average Bonchev–Trinajstić information content (AvgIpc) is 2.40. The van der Waals surface area contributed by atoms with E-state index in [-0.39, 0.29) is 5.97 Å². The molecule has 0 radical (unpaired) electrons. The zero-order valence-electron chi connectivity index (χ0n) is 13.1. The summed E-state index contributed by atoms with van der Waals surface area (Å²) >= 11 is 0. The van der Waals surface area contributed by atoms with E-state index in [1.807, 2.05) is 21.0 Å². The summed E-state index contributed by atoms with van der Waals surface area (Å²) in [6.45, 7) is 6.51. The molecule has 20 heavy (non-hydrogen) atoms. The zero-order valence-corrected chi connectivity index (χ0v) is 13.1. The van der Waals surface area contributed by atoms with Crippen molar-refractivity contribution in [3.05, 3.63) is 0 Å². The highest BCUT2D eigenvalue weighted by Crippen LogP contribution is 1.91. The number of carbonyl (C=O) groups is 1. The molecule has 0 rings (SSSR count). The second kappa shape index (κ2) is 14.7. The SMILES string of the molecule is CCCC(=O)OCCOCCOCCOCCN(C)C. The monoisotopic (exact) mass is 291 g/mol. The van der Waals surface area contributed by atoms with Gasteiger partial charge in [-0.1, -0.05) is 6.92 Å². The van der Waals surface area contributed by atoms with Crippen molar-refractivity contribution in [3.8, 4) is 0 Å². The predicted molar refractivity (Wildman–Crippen MR) is 76.9 cm³/mol. The van der Waals surface area contributed by atoms with Crippen LogP contribution in [0.1, 0.15) is 19.8 Å². The number of hydrogen-bond acceptors (Lipinski definition) is 6. The van der Waals surface area contributed by atoms with Crippen molar-refractivity contribution in [1.82, 2.24) is 4.90 Å². The molecule has 0 aliphatic carbocycles. The van der Waals surface area contributed by atoms with Crippen molar-refractivity contribution < 1.29 is 23.7 Å². The Morgan fingerprint density at radius 3 is 1.85 bits per heavy atom. The zero-order chi connectivity index (χ0) is 15.1. The highest BCUT2D eigenvalue weighted by atomic mass is 16.6. The van der Waals surface area contributed by atoms with Gasteiger partial charge in [0.2, 0.25) is 0 Å². The molecule has 0 amide bonds. The summed E-state index contributed by atoms with van der Waals surface area (Å²) in [4.78, 5) is 13.1. The van der Waals surface area contributed by atoms with E-state index >= 15 is 0 Å². The Bertz CT molecular complexity index is 224. The van der Waals surface area contributed by atoms with Crippen LogP contribution in [0.25, 0.3) is 0 Å². The summed E-state index contributed by atoms with van der Waals surface area (Å²) in [7, 11) is 4.02. The molecular formula is C14H29NO5. The van der Waals surface area contributed by atoms with Gasteiger partial charge in [0.05, 0.1) is 39.6 Å². The van der Waals surface area contributed by atoms with Gasteiger partial charge in [0.1, 0.15) is 6.61 Å². The van der Waals surface area contributed by atoms with Crippen LogP contribution < -0.4 is 0 Å². The van der Waals surface area contributed by atoms with E-state index in [1.54, 1.807) is 0 Å². The molecule has 0 unspecified atom stereocenters. The molecule has 0 spiro atoms. The third-order valence-electron chi connectivity index (χ3n) is 2.37. The number of carbonyl (C=O) groups excluding carboxylic acids is 1. The maximum Gasteiger partial charge on any atom is 0.305 e. The molecule has 0 N–H and O–H groups in total. The smallest absolute Gasteiger partial charge is 0.305 e. The van der Waals surface area contributed by atoms with E-state index < -0.39 is 0 Å². The number of rotatable bonds is 14. The van der Waals surface area contributed by atoms with Crippen LogP contribution in [0.3, 0.4) is 0 Å². The molecule has 0 aromatic carbocycles. The Morgan fingerprint density at radius 2 is 1.35 bits per heavy atom. The lowest BCUT2D eigenvalue weighted by molar-refractivity contribution is -0.145. The minimum absolute atomic E-state index is 0.165. The van der Waals surface area contributed by atoms with Crippen LogP contribution in [0.4, 0.5) is 0 Å². The standard InChI is InChI=1S/C14H29NO5/c1-4-5-14(16)20-13-12-19-11-10-18-9-8-17-7-6-15(2)3/h4-13H2,1-3H3. The Labute approximate surface area is 122 Å². The first kappa shape index (κ1) is 19.3. The summed E-state index contributed by atoms with van der Waals surface area (Å²) in [6.07, 6.45) is 1.28. The highest BCUT2D eigenvalue weighted by Gasteiger charge is 1.99. The minimum atomic E-state index is -0.165. The Balaban J connectivity index is 3.04. The highest BCUT2D eigenvalue weighted by molar-refractivity contribution is 5.69. The number of nitrogens with zero attached hydrogens (tertiary/aromatic N) is 1. The van der Waals surface area contributed by atoms with E-state index in [2.05, 4.69) is 4.90 Å². The molecule has 6 nitrogen and oxygen atoms in total. The van der Waals surface area contributed by atoms with Crippen molar-refractivity contribution in [2.24, 2.45) is 0 Å². The van der Waals surface area contributed by atoms with Gasteiger partial charge in [-0.15, -0.1) is 0 Å². The average molecular weight is 291 g/mol. The van der Waals surface area contributed by atoms with Crippen LogP contribution in [0.2, 0.25) is 0 Å². The van der Waals surface area contributed by atoms with Crippen molar-refractivity contribution in [3.63, 3.8) is 0 Å². The topological polar surface area (TPSA) is 57.2 Å². The van der Waals surface area contributed by atoms with E-state index in [1.165, 1.54) is 0 Å². The Kier molecular flexibility index (Phi) is 14.2. The van der Waals surface area contributed by atoms with Crippen molar-refractivity contribution in [1.29, 1.82) is 0 Å². The molecular weight excluding hydrogens is 262 g/mol. The maximum absolute atomic E-state index is 11.0. The Hall–Kier alpha value is -0.690. The predicted octanol–water partition coefficient (Wildman–Crippen LogP) is 0.941. The number of esters is 1. The van der Waals surface area contributed by atoms with Gasteiger partial charge >= 0.3 is 5.97 Å². The molecule has 0 atom stereocenters. The fourth-order valence-electron chi connectivity index (χ4n) is 1.28. The van der Waals surface area contributed by atoms with E-state index in [0.717, 1.165) is 19.6 Å². The Morgan fingerprint density at radius 1 is 0.850 bits per heavy atom. The van der Waals surface area contributed by atoms with Crippen LogP contribution >= 0.6 is 0 Å². The van der Waals surface area contributed by atoms with Gasteiger partial charge in [-0.2, -0.15) is 0 Å². The van der Waals surface area contributed by atoms with E-state index in [9.17, 15) is 4.79 Å². The summed E-state index contributed by atoms with van der Waals surface area (Å²) < 4.78 is 20.9. The normalized spacial score (nSPS) is 11.0. The van der Waals surface area contributed by atoms with Gasteiger partial charge in [0, 0.05) is 13.0 Å². The second-order valence-electron chi connectivity index (χ2n) is 4.61. The quantitative estimate of drug-likeness (QED) is 0.351. The van der Waals surface area contributed by atoms with Crippen LogP contribution in [0, 0.1) is 0 Å². The molecule has 0 aliphatic rings. The van der Waals surface area contributed by atoms with E-state index in [4.69, 9.17) is 18.9 Å². The third-order valence-corrected chi connectivity index (χ3v) is 2.37. The molecule has 0 saturated carbocycles. The number of hydrogen-bond donors (Lipinski definition) is 0. The second-order valence-corrected chi connectivity index (χ2v) is 4.61. The first-order valence-electron chi connectivity index (χ1n) is 7.20. The largest absolute Gasteiger partial charge is 0.463 e. The molecule has 0 aromatic rings. The lowest BCUT2D eigenvalue weighted by atomic mass is 10.3. The first-order valence-corrected chi connectivity index (χ1v) is 7.20. The lowest BCUT2D eigenvalue weighted by Gasteiger charge is -2.10. The fourth-order valence-corrected chi connectivity index (χ4v) is 1.28. The van der Waals surface area contributed by atoms with Crippen molar-refractivity contribution in [2.75, 3.05) is 66.9 Å². The third kappa shape index (κ3) is 15.4. The van der Waals surface area contributed by atoms with E-state index in [0.29, 0.717) is 46.1 Å². The molecule has 6 heteroatoms. The van der Waals surface area contributed by atoms with Gasteiger partial charge in [0.25, 0.3) is 0 Å². The number of ether oxygens (including phenoxy) is 4. The molecule has 0 aliphatic heterocycles. The first-order chi connectivity index (χ1) is 9.66. The maximum atomic E-state index is 11.0. The molecule has 0 aromatic heterocycles. The minimum Gasteiger partial charge on any atom is -0.463 e. The summed E-state index contributed by atoms with van der Waals surface area (Å²) in [5.41, 5.74) is 0. The molecule has 120 valence electrons. The molecule has 0 fully saturated rings. The summed E-state index contributed by atoms with van der Waals surface area (Å²) in [5, 5.41) is 0. The molecule has 0 bridgehead atoms. The van der Waals surface area contributed by atoms with Crippen LogP contribution in [-0.4, -0.2) is 77.8 Å². The number of likely N-dealkylation sites (N-methyl/N-ethyl adjacent to an activating group) is 1. The van der Waals surface area contributed by atoms with Crippen molar-refractivity contribution >= 4 is 5.97 Å². The van der Waals surface area contributed by atoms with Gasteiger partial charge in [0.15, 0.2) is 0 Å². The van der Waals surface area contributed by atoms with Crippen molar-refractivity contribution in [2.45, 2.75) is 19.8 Å². The van der Waals surface area contributed by atoms with Crippen LogP contribution in [0.5, 0.6) is 0 Å². The van der Waals surface area contributed by atoms with Gasteiger partial charge in [-0.25, -0.2) is 0 Å². The van der Waals surface area contributed by atoms with Crippen LogP contribution in [-0.2, 0) is 23.7 Å².